The minimum absolute atomic E-state index is 0.0536. The summed E-state index contributed by atoms with van der Waals surface area (Å²) in [5.41, 5.74) is 0. The summed E-state index contributed by atoms with van der Waals surface area (Å²) < 4.78 is 8.47. The lowest BCUT2D eigenvalue weighted by Gasteiger charge is -2.03. The molecule has 0 bridgehead atoms. The van der Waals surface area contributed by atoms with E-state index in [0.717, 1.165) is 0 Å². The zero-order valence-corrected chi connectivity index (χ0v) is 10.1. The first kappa shape index (κ1) is 16.2. The number of carbonyl (C=O) groups is 4. The van der Waals surface area contributed by atoms with E-state index < -0.39 is 37.1 Å². The Labute approximate surface area is 103 Å². The molecule has 0 N–H and O–H groups in total. The number of hydrogen-bond donors (Lipinski definition) is 0. The molecule has 0 aromatic heterocycles. The second kappa shape index (κ2) is 9.25. The van der Waals surface area contributed by atoms with Gasteiger partial charge in [0.2, 0.25) is 0 Å². The molecular formula is C10H14O8. The summed E-state index contributed by atoms with van der Waals surface area (Å²) in [7, 11) is 0. The monoisotopic (exact) mass is 262 g/mol. The van der Waals surface area contributed by atoms with Crippen molar-refractivity contribution in [2.45, 2.75) is 26.7 Å². The Balaban J connectivity index is 3.61. The zero-order chi connectivity index (χ0) is 14.0. The van der Waals surface area contributed by atoms with Crippen molar-refractivity contribution >= 4 is 23.9 Å². The molecule has 0 saturated heterocycles. The van der Waals surface area contributed by atoms with Crippen molar-refractivity contribution in [2.75, 3.05) is 13.2 Å². The number of rotatable bonds is 7. The fourth-order valence-electron chi connectivity index (χ4n) is 0.637. The second-order valence-electron chi connectivity index (χ2n) is 2.92. The smallest absolute Gasteiger partial charge is 0.343 e. The molecule has 0 aliphatic heterocycles. The Morgan fingerprint density at radius 2 is 1.00 bits per heavy atom. The molecule has 0 aliphatic rings. The van der Waals surface area contributed by atoms with Crippen LogP contribution in [0.4, 0.5) is 0 Å². The fraction of sp³-hybridized carbons (Fsp3) is 0.600. The standard InChI is InChI=1S/C10H14O8/c1-3-7(11)17-9(13)5-15-16-6-10(14)18-8(12)4-2/h3-6H2,1-2H3. The third-order valence-corrected chi connectivity index (χ3v) is 1.47. The fourth-order valence-corrected chi connectivity index (χ4v) is 0.637. The molecule has 0 rings (SSSR count). The molecule has 0 aromatic rings. The van der Waals surface area contributed by atoms with Crippen LogP contribution in [0.15, 0.2) is 0 Å². The maximum Gasteiger partial charge on any atom is 0.343 e. The van der Waals surface area contributed by atoms with E-state index in [1.54, 1.807) is 0 Å². The molecule has 0 saturated carbocycles. The van der Waals surface area contributed by atoms with E-state index in [2.05, 4.69) is 19.2 Å². The first-order chi connectivity index (χ1) is 8.49. The highest BCUT2D eigenvalue weighted by atomic mass is 17.2. The van der Waals surface area contributed by atoms with Crippen LogP contribution in [0.25, 0.3) is 0 Å². The van der Waals surface area contributed by atoms with E-state index in [1.165, 1.54) is 13.8 Å². The maximum absolute atomic E-state index is 10.9. The molecule has 18 heavy (non-hydrogen) atoms. The van der Waals surface area contributed by atoms with Gasteiger partial charge in [0.15, 0.2) is 13.2 Å². The molecule has 102 valence electrons. The molecular weight excluding hydrogens is 248 g/mol. The lowest BCUT2D eigenvalue weighted by molar-refractivity contribution is -0.290. The molecule has 0 heterocycles. The minimum Gasteiger partial charge on any atom is -0.391 e. The van der Waals surface area contributed by atoms with Crippen LogP contribution in [0.3, 0.4) is 0 Å². The van der Waals surface area contributed by atoms with E-state index >= 15 is 0 Å². The van der Waals surface area contributed by atoms with E-state index in [-0.39, 0.29) is 12.8 Å². The lowest BCUT2D eigenvalue weighted by Crippen LogP contribution is -2.20. The first-order valence-electron chi connectivity index (χ1n) is 5.21. The Bertz CT molecular complexity index is 290. The van der Waals surface area contributed by atoms with Crippen molar-refractivity contribution in [3.63, 3.8) is 0 Å². The third-order valence-electron chi connectivity index (χ3n) is 1.47. The van der Waals surface area contributed by atoms with E-state index in [1.807, 2.05) is 0 Å². The molecule has 0 atom stereocenters. The van der Waals surface area contributed by atoms with Crippen molar-refractivity contribution in [1.82, 2.24) is 0 Å². The Morgan fingerprint density at radius 3 is 1.28 bits per heavy atom. The van der Waals surface area contributed by atoms with Crippen molar-refractivity contribution in [3.05, 3.63) is 0 Å². The highest BCUT2D eigenvalue weighted by molar-refractivity contribution is 5.86. The topological polar surface area (TPSA) is 105 Å². The van der Waals surface area contributed by atoms with Gasteiger partial charge < -0.3 is 9.47 Å². The van der Waals surface area contributed by atoms with Crippen molar-refractivity contribution in [3.8, 4) is 0 Å². The quantitative estimate of drug-likeness (QED) is 0.206. The molecule has 0 aromatic carbocycles. The van der Waals surface area contributed by atoms with Gasteiger partial charge in [0.25, 0.3) is 0 Å². The predicted octanol–water partition coefficient (Wildman–Crippen LogP) is -0.106. The Hall–Kier alpha value is -1.80. The lowest BCUT2D eigenvalue weighted by atomic mass is 10.5. The van der Waals surface area contributed by atoms with Crippen molar-refractivity contribution in [2.24, 2.45) is 0 Å². The molecule has 0 aliphatic carbocycles. The van der Waals surface area contributed by atoms with Gasteiger partial charge in [-0.3, -0.25) is 9.59 Å². The van der Waals surface area contributed by atoms with Crippen LogP contribution in [0, 0.1) is 0 Å². The van der Waals surface area contributed by atoms with Crippen molar-refractivity contribution in [1.29, 1.82) is 0 Å². The van der Waals surface area contributed by atoms with Crippen LogP contribution >= 0.6 is 0 Å². The van der Waals surface area contributed by atoms with Crippen LogP contribution < -0.4 is 0 Å². The second-order valence-corrected chi connectivity index (χ2v) is 2.92. The molecule has 0 amide bonds. The summed E-state index contributed by atoms with van der Waals surface area (Å²) in [5, 5.41) is 0. The average Bonchev–Trinajstić information content (AvgIpc) is 2.34. The van der Waals surface area contributed by atoms with Gasteiger partial charge in [0.1, 0.15) is 0 Å². The highest BCUT2D eigenvalue weighted by Gasteiger charge is 2.11. The van der Waals surface area contributed by atoms with Gasteiger partial charge in [-0.15, -0.1) is 0 Å². The average molecular weight is 262 g/mol. The third kappa shape index (κ3) is 8.36. The normalized spacial score (nSPS) is 9.67. The van der Waals surface area contributed by atoms with E-state index in [9.17, 15) is 19.2 Å². The predicted molar refractivity (Wildman–Crippen MR) is 54.7 cm³/mol. The van der Waals surface area contributed by atoms with E-state index in [4.69, 9.17) is 0 Å². The minimum atomic E-state index is -0.945. The Morgan fingerprint density at radius 1 is 0.667 bits per heavy atom. The van der Waals surface area contributed by atoms with Crippen LogP contribution in [0.5, 0.6) is 0 Å². The molecule has 0 fully saturated rings. The summed E-state index contributed by atoms with van der Waals surface area (Å²) in [5.74, 6) is -3.28. The summed E-state index contributed by atoms with van der Waals surface area (Å²) in [4.78, 5) is 51.6. The van der Waals surface area contributed by atoms with Gasteiger partial charge in [-0.2, -0.15) is 0 Å². The number of esters is 4. The van der Waals surface area contributed by atoms with Crippen LogP contribution in [0.2, 0.25) is 0 Å². The van der Waals surface area contributed by atoms with Gasteiger partial charge in [-0.05, 0) is 0 Å². The maximum atomic E-state index is 10.9. The summed E-state index contributed by atoms with van der Waals surface area (Å²) in [6.07, 6.45) is 0.107. The largest absolute Gasteiger partial charge is 0.391 e. The van der Waals surface area contributed by atoms with E-state index in [0.29, 0.717) is 0 Å². The van der Waals surface area contributed by atoms with Gasteiger partial charge >= 0.3 is 23.9 Å². The molecule has 0 unspecified atom stereocenters. The Kier molecular flexibility index (Phi) is 8.33. The van der Waals surface area contributed by atoms with Crippen LogP contribution in [0.1, 0.15) is 26.7 Å². The number of hydrogen-bond acceptors (Lipinski definition) is 8. The van der Waals surface area contributed by atoms with Crippen LogP contribution in [-0.2, 0) is 38.4 Å². The first-order valence-corrected chi connectivity index (χ1v) is 5.21. The number of carbonyl (C=O) groups excluding carboxylic acids is 4. The summed E-state index contributed by atoms with van der Waals surface area (Å²) in [6, 6.07) is 0. The molecule has 0 radical (unpaired) electrons. The summed E-state index contributed by atoms with van der Waals surface area (Å²) >= 11 is 0. The summed E-state index contributed by atoms with van der Waals surface area (Å²) in [6.45, 7) is 1.74. The van der Waals surface area contributed by atoms with Gasteiger partial charge in [0, 0.05) is 12.8 Å². The van der Waals surface area contributed by atoms with Crippen molar-refractivity contribution < 1.29 is 38.4 Å². The van der Waals surface area contributed by atoms with Gasteiger partial charge in [0.05, 0.1) is 0 Å². The molecule has 0 spiro atoms. The van der Waals surface area contributed by atoms with Gasteiger partial charge in [-0.25, -0.2) is 19.4 Å². The molecule has 8 nitrogen and oxygen atoms in total. The molecule has 8 heteroatoms. The van der Waals surface area contributed by atoms with Crippen LogP contribution in [-0.4, -0.2) is 37.1 Å². The number of ether oxygens (including phenoxy) is 2. The zero-order valence-electron chi connectivity index (χ0n) is 10.1. The highest BCUT2D eigenvalue weighted by Crippen LogP contribution is 1.90. The SMILES string of the molecule is CCC(=O)OC(=O)COOCC(=O)OC(=O)CC. The van der Waals surface area contributed by atoms with Gasteiger partial charge in [-0.1, -0.05) is 13.8 Å².